The summed E-state index contributed by atoms with van der Waals surface area (Å²) in [4.78, 5) is 2.29. The minimum absolute atomic E-state index is 0.118. The molecule has 1 saturated heterocycles. The second-order valence-corrected chi connectivity index (χ2v) is 4.88. The maximum atomic E-state index is 13.4. The smallest absolute Gasteiger partial charge is 0.126 e. The van der Waals surface area contributed by atoms with Crippen LogP contribution in [-0.4, -0.2) is 31.6 Å². The molecule has 18 heavy (non-hydrogen) atoms. The number of nitrogens with zero attached hydrogens (tertiary/aromatic N) is 1. The first-order valence-electron chi connectivity index (χ1n) is 6.50. The quantitative estimate of drug-likeness (QED) is 0.888. The molecule has 0 aliphatic carbocycles. The zero-order valence-corrected chi connectivity index (χ0v) is 10.9. The van der Waals surface area contributed by atoms with Crippen LogP contribution in [0.1, 0.15) is 24.9 Å². The molecule has 0 radical (unpaired) electrons. The van der Waals surface area contributed by atoms with Gasteiger partial charge in [-0.3, -0.25) is 4.90 Å². The fraction of sp³-hybridized carbons (Fsp3) is 0.571. The molecule has 1 fully saturated rings. The van der Waals surface area contributed by atoms with E-state index < -0.39 is 11.6 Å². The molecule has 2 atom stereocenters. The normalized spacial score (nSPS) is 24.7. The van der Waals surface area contributed by atoms with E-state index in [1.54, 1.807) is 0 Å². The Balaban J connectivity index is 2.30. The van der Waals surface area contributed by atoms with Gasteiger partial charge in [0, 0.05) is 12.1 Å². The molecule has 1 aromatic carbocycles. The van der Waals surface area contributed by atoms with Gasteiger partial charge in [-0.2, -0.15) is 0 Å². The molecule has 1 N–H and O–H groups in total. The number of rotatable bonds is 4. The summed E-state index contributed by atoms with van der Waals surface area (Å²) in [7, 11) is 1.91. The van der Waals surface area contributed by atoms with Gasteiger partial charge in [0.1, 0.15) is 11.6 Å². The van der Waals surface area contributed by atoms with Gasteiger partial charge in [-0.1, -0.05) is 6.92 Å². The van der Waals surface area contributed by atoms with E-state index in [1.807, 2.05) is 7.05 Å². The molecule has 100 valence electrons. The van der Waals surface area contributed by atoms with E-state index in [2.05, 4.69) is 17.1 Å². The summed E-state index contributed by atoms with van der Waals surface area (Å²) in [5, 5.41) is 3.17. The monoisotopic (exact) mass is 254 g/mol. The van der Waals surface area contributed by atoms with Crippen molar-refractivity contribution < 1.29 is 8.78 Å². The maximum absolute atomic E-state index is 13.4. The second kappa shape index (κ2) is 5.76. The lowest BCUT2D eigenvalue weighted by molar-refractivity contribution is 0.237. The molecule has 1 aliphatic rings. The first kappa shape index (κ1) is 13.4. The Morgan fingerprint density at radius 3 is 2.50 bits per heavy atom. The van der Waals surface area contributed by atoms with Crippen molar-refractivity contribution in [1.29, 1.82) is 0 Å². The first-order valence-corrected chi connectivity index (χ1v) is 6.50. The van der Waals surface area contributed by atoms with Crippen LogP contribution in [0.5, 0.6) is 0 Å². The molecule has 0 bridgehead atoms. The van der Waals surface area contributed by atoms with Crippen molar-refractivity contribution in [3.63, 3.8) is 0 Å². The van der Waals surface area contributed by atoms with Gasteiger partial charge in [0.05, 0.1) is 0 Å². The lowest BCUT2D eigenvalue weighted by Gasteiger charge is -2.27. The Morgan fingerprint density at radius 1 is 1.28 bits per heavy atom. The average molecular weight is 254 g/mol. The van der Waals surface area contributed by atoms with Gasteiger partial charge in [-0.05, 0) is 56.7 Å². The Kier molecular flexibility index (Phi) is 4.30. The minimum Gasteiger partial charge on any atom is -0.319 e. The molecule has 0 aromatic heterocycles. The molecule has 0 spiro atoms. The van der Waals surface area contributed by atoms with Crippen LogP contribution in [0, 0.1) is 17.6 Å². The standard InChI is InChI=1S/C14H20F2N2/c1-3-18-5-4-10(9-17-2)14(18)11-6-12(15)8-13(16)7-11/h6-8,10,14,17H,3-5,9H2,1-2H3. The number of halogens is 2. The molecular weight excluding hydrogens is 234 g/mol. The maximum Gasteiger partial charge on any atom is 0.126 e. The van der Waals surface area contributed by atoms with Crippen LogP contribution >= 0.6 is 0 Å². The number of hydrogen-bond donors (Lipinski definition) is 1. The van der Waals surface area contributed by atoms with Crippen molar-refractivity contribution in [3.8, 4) is 0 Å². The van der Waals surface area contributed by atoms with Gasteiger partial charge < -0.3 is 5.32 Å². The predicted molar refractivity (Wildman–Crippen MR) is 68.4 cm³/mol. The van der Waals surface area contributed by atoms with Crippen LogP contribution in [0.15, 0.2) is 18.2 Å². The van der Waals surface area contributed by atoms with Crippen LogP contribution in [0.4, 0.5) is 8.78 Å². The SMILES string of the molecule is CCN1CCC(CNC)C1c1cc(F)cc(F)c1. The van der Waals surface area contributed by atoms with Crippen LogP contribution in [0.3, 0.4) is 0 Å². The van der Waals surface area contributed by atoms with Gasteiger partial charge in [0.2, 0.25) is 0 Å². The molecular formula is C14H20F2N2. The summed E-state index contributed by atoms with van der Waals surface area (Å²) in [6.45, 7) is 4.86. The fourth-order valence-electron chi connectivity index (χ4n) is 2.99. The predicted octanol–water partition coefficient (Wildman–Crippen LogP) is 2.57. The topological polar surface area (TPSA) is 15.3 Å². The van der Waals surface area contributed by atoms with Crippen LogP contribution in [0.2, 0.25) is 0 Å². The van der Waals surface area contributed by atoms with E-state index >= 15 is 0 Å². The lowest BCUT2D eigenvalue weighted by Crippen LogP contribution is -2.29. The van der Waals surface area contributed by atoms with E-state index in [-0.39, 0.29) is 6.04 Å². The van der Waals surface area contributed by atoms with Crippen molar-refractivity contribution in [2.24, 2.45) is 5.92 Å². The third kappa shape index (κ3) is 2.70. The molecule has 2 nitrogen and oxygen atoms in total. The molecule has 2 unspecified atom stereocenters. The average Bonchev–Trinajstić information content (AvgIpc) is 2.71. The highest BCUT2D eigenvalue weighted by Gasteiger charge is 2.34. The largest absolute Gasteiger partial charge is 0.319 e. The van der Waals surface area contributed by atoms with E-state index in [1.165, 1.54) is 12.1 Å². The summed E-state index contributed by atoms with van der Waals surface area (Å²) in [6, 6.07) is 3.98. The zero-order valence-electron chi connectivity index (χ0n) is 10.9. The number of likely N-dealkylation sites (tertiary alicyclic amines) is 1. The highest BCUT2D eigenvalue weighted by atomic mass is 19.1. The Bertz CT molecular complexity index is 389. The molecule has 0 saturated carbocycles. The Hall–Kier alpha value is -1.00. The van der Waals surface area contributed by atoms with E-state index in [0.717, 1.165) is 37.7 Å². The molecule has 2 rings (SSSR count). The third-order valence-corrected chi connectivity index (χ3v) is 3.73. The summed E-state index contributed by atoms with van der Waals surface area (Å²) in [5.74, 6) is -0.566. The number of benzene rings is 1. The molecule has 1 aromatic rings. The van der Waals surface area contributed by atoms with Crippen molar-refractivity contribution in [1.82, 2.24) is 10.2 Å². The van der Waals surface area contributed by atoms with Crippen molar-refractivity contribution in [2.75, 3.05) is 26.7 Å². The number of hydrogen-bond acceptors (Lipinski definition) is 2. The first-order chi connectivity index (χ1) is 8.65. The van der Waals surface area contributed by atoms with Crippen LogP contribution in [-0.2, 0) is 0 Å². The summed E-state index contributed by atoms with van der Waals surface area (Å²) in [5.41, 5.74) is 0.757. The van der Waals surface area contributed by atoms with Crippen LogP contribution in [0.25, 0.3) is 0 Å². The van der Waals surface area contributed by atoms with Crippen molar-refractivity contribution in [2.45, 2.75) is 19.4 Å². The highest BCUT2D eigenvalue weighted by molar-refractivity contribution is 5.23. The molecule has 1 aliphatic heterocycles. The summed E-state index contributed by atoms with van der Waals surface area (Å²) >= 11 is 0. The molecule has 4 heteroatoms. The third-order valence-electron chi connectivity index (χ3n) is 3.73. The minimum atomic E-state index is -0.490. The summed E-state index contributed by atoms with van der Waals surface area (Å²) < 4.78 is 26.7. The second-order valence-electron chi connectivity index (χ2n) is 4.88. The fourth-order valence-corrected chi connectivity index (χ4v) is 2.99. The molecule has 0 amide bonds. The van der Waals surface area contributed by atoms with E-state index in [0.29, 0.717) is 5.92 Å². The Morgan fingerprint density at radius 2 is 1.94 bits per heavy atom. The van der Waals surface area contributed by atoms with Crippen molar-refractivity contribution in [3.05, 3.63) is 35.4 Å². The van der Waals surface area contributed by atoms with Gasteiger partial charge in [0.15, 0.2) is 0 Å². The van der Waals surface area contributed by atoms with E-state index in [4.69, 9.17) is 0 Å². The van der Waals surface area contributed by atoms with E-state index in [9.17, 15) is 8.78 Å². The highest BCUT2D eigenvalue weighted by Crippen LogP contribution is 2.37. The lowest BCUT2D eigenvalue weighted by atomic mass is 9.93. The van der Waals surface area contributed by atoms with Crippen molar-refractivity contribution >= 4 is 0 Å². The Labute approximate surface area is 107 Å². The summed E-state index contributed by atoms with van der Waals surface area (Å²) in [6.07, 6.45) is 1.07. The van der Waals surface area contributed by atoms with Gasteiger partial charge in [0.25, 0.3) is 0 Å². The van der Waals surface area contributed by atoms with Gasteiger partial charge in [-0.15, -0.1) is 0 Å². The van der Waals surface area contributed by atoms with Gasteiger partial charge in [-0.25, -0.2) is 8.78 Å². The van der Waals surface area contributed by atoms with Gasteiger partial charge >= 0.3 is 0 Å². The zero-order chi connectivity index (χ0) is 13.1. The van der Waals surface area contributed by atoms with Crippen LogP contribution < -0.4 is 5.32 Å². The number of nitrogens with one attached hydrogen (secondary N) is 1. The molecule has 1 heterocycles.